The molecule has 1 aromatic heterocycles. The van der Waals surface area contributed by atoms with Crippen molar-refractivity contribution >= 4 is 17.6 Å². The summed E-state index contributed by atoms with van der Waals surface area (Å²) in [6.07, 6.45) is -3.81. The number of aliphatic imine (C=N–C) groups is 1. The average Bonchev–Trinajstić information content (AvgIpc) is 2.52. The van der Waals surface area contributed by atoms with Gasteiger partial charge in [-0.2, -0.15) is 13.2 Å². The molecule has 0 saturated heterocycles. The molecular formula is C15H22ClF3N4O2. The Morgan fingerprint density at radius 3 is 2.72 bits per heavy atom. The highest BCUT2D eigenvalue weighted by Gasteiger charge is 2.31. The molecule has 1 rings (SSSR count). The van der Waals surface area contributed by atoms with Crippen LogP contribution in [-0.4, -0.2) is 50.4 Å². The molecule has 0 aliphatic heterocycles. The Labute approximate surface area is 149 Å². The molecular weight excluding hydrogens is 361 g/mol. The topological polar surface area (TPSA) is 67.8 Å². The summed E-state index contributed by atoms with van der Waals surface area (Å²) in [6.45, 7) is 5.46. The maximum Gasteiger partial charge on any atom is 0.417 e. The fourth-order valence-corrected chi connectivity index (χ4v) is 2.05. The molecule has 0 saturated carbocycles. The number of rotatable bonds is 8. The first-order valence-electron chi connectivity index (χ1n) is 7.67. The van der Waals surface area contributed by atoms with Crippen LogP contribution in [0.5, 0.6) is 5.88 Å². The van der Waals surface area contributed by atoms with Crippen LogP contribution in [0.15, 0.2) is 17.3 Å². The number of methoxy groups -OCH3 is 1. The Kier molecular flexibility index (Phi) is 8.77. The van der Waals surface area contributed by atoms with E-state index in [9.17, 15) is 13.2 Å². The van der Waals surface area contributed by atoms with Gasteiger partial charge in [0.25, 0.3) is 0 Å². The number of aromatic nitrogens is 1. The Bertz CT molecular complexity index is 570. The van der Waals surface area contributed by atoms with E-state index >= 15 is 0 Å². The van der Waals surface area contributed by atoms with Crippen LogP contribution in [-0.2, 0) is 10.9 Å². The molecule has 0 aliphatic carbocycles. The van der Waals surface area contributed by atoms with Crippen molar-refractivity contribution < 1.29 is 22.6 Å². The standard InChI is InChI=1S/C15H22ClF3N4O2/c1-4-20-14(23-10(2)9-24-3)21-5-6-25-13-12(16)7-11(8-22-13)15(17,18)19/h7-8,10H,4-6,9H2,1-3H3,(H2,20,21,23). The number of hydrogen-bond donors (Lipinski definition) is 2. The highest BCUT2D eigenvalue weighted by atomic mass is 35.5. The predicted octanol–water partition coefficient (Wildman–Crippen LogP) is 2.72. The SMILES string of the molecule is CCNC(=NCCOc1ncc(C(F)(F)F)cc1Cl)NC(C)COC. The van der Waals surface area contributed by atoms with Crippen LogP contribution in [0.25, 0.3) is 0 Å². The third-order valence-electron chi connectivity index (χ3n) is 2.88. The number of nitrogens with zero attached hydrogens (tertiary/aromatic N) is 2. The zero-order chi connectivity index (χ0) is 18.9. The smallest absolute Gasteiger partial charge is 0.417 e. The lowest BCUT2D eigenvalue weighted by molar-refractivity contribution is -0.137. The lowest BCUT2D eigenvalue weighted by atomic mass is 10.3. The van der Waals surface area contributed by atoms with Gasteiger partial charge in [-0.1, -0.05) is 11.6 Å². The molecule has 1 unspecified atom stereocenters. The molecule has 0 radical (unpaired) electrons. The molecule has 10 heteroatoms. The summed E-state index contributed by atoms with van der Waals surface area (Å²) in [5, 5.41) is 6.02. The zero-order valence-electron chi connectivity index (χ0n) is 14.3. The minimum absolute atomic E-state index is 0.0597. The van der Waals surface area contributed by atoms with E-state index in [-0.39, 0.29) is 30.1 Å². The van der Waals surface area contributed by atoms with Gasteiger partial charge in [0.05, 0.1) is 18.7 Å². The van der Waals surface area contributed by atoms with Crippen LogP contribution >= 0.6 is 11.6 Å². The number of pyridine rings is 1. The average molecular weight is 383 g/mol. The number of hydrogen-bond acceptors (Lipinski definition) is 4. The molecule has 1 heterocycles. The van der Waals surface area contributed by atoms with Crippen LogP contribution in [0.3, 0.4) is 0 Å². The van der Waals surface area contributed by atoms with Crippen molar-refractivity contribution in [2.45, 2.75) is 26.1 Å². The third kappa shape index (κ3) is 7.78. The monoisotopic (exact) mass is 382 g/mol. The van der Waals surface area contributed by atoms with E-state index < -0.39 is 11.7 Å². The summed E-state index contributed by atoms with van der Waals surface area (Å²) in [5.74, 6) is 0.526. The first-order valence-corrected chi connectivity index (χ1v) is 8.05. The van der Waals surface area contributed by atoms with Crippen LogP contribution in [0.2, 0.25) is 5.02 Å². The summed E-state index contributed by atoms with van der Waals surface area (Å²) in [7, 11) is 1.61. The van der Waals surface area contributed by atoms with E-state index in [1.165, 1.54) is 0 Å². The van der Waals surface area contributed by atoms with Gasteiger partial charge in [0.1, 0.15) is 11.6 Å². The number of halogens is 4. The molecule has 0 fully saturated rings. The molecule has 142 valence electrons. The van der Waals surface area contributed by atoms with E-state index in [4.69, 9.17) is 21.1 Å². The van der Waals surface area contributed by atoms with Crippen LogP contribution < -0.4 is 15.4 Å². The Hall–Kier alpha value is -1.74. The molecule has 0 aromatic carbocycles. The van der Waals surface area contributed by atoms with Crippen molar-refractivity contribution in [3.8, 4) is 5.88 Å². The second-order valence-corrected chi connectivity index (χ2v) is 5.53. The second kappa shape index (κ2) is 10.3. The molecule has 25 heavy (non-hydrogen) atoms. The normalized spacial score (nSPS) is 13.5. The van der Waals surface area contributed by atoms with Crippen molar-refractivity contribution in [1.82, 2.24) is 15.6 Å². The van der Waals surface area contributed by atoms with Gasteiger partial charge in [0.2, 0.25) is 5.88 Å². The van der Waals surface area contributed by atoms with Crippen LogP contribution in [0, 0.1) is 0 Å². The van der Waals surface area contributed by atoms with Crippen molar-refractivity contribution in [3.05, 3.63) is 22.8 Å². The highest BCUT2D eigenvalue weighted by Crippen LogP contribution is 2.32. The second-order valence-electron chi connectivity index (χ2n) is 5.12. The summed E-state index contributed by atoms with van der Waals surface area (Å²) < 4.78 is 48.0. The Morgan fingerprint density at radius 1 is 1.44 bits per heavy atom. The van der Waals surface area contributed by atoms with Crippen molar-refractivity contribution in [3.63, 3.8) is 0 Å². The van der Waals surface area contributed by atoms with Crippen molar-refractivity contribution in [2.75, 3.05) is 33.4 Å². The van der Waals surface area contributed by atoms with Gasteiger partial charge in [-0.25, -0.2) is 9.98 Å². The summed E-state index contributed by atoms with van der Waals surface area (Å²) in [6, 6.07) is 0.848. The van der Waals surface area contributed by atoms with E-state index in [0.717, 1.165) is 6.07 Å². The number of nitrogens with one attached hydrogen (secondary N) is 2. The first kappa shape index (κ1) is 21.3. The molecule has 1 aromatic rings. The van der Waals surface area contributed by atoms with E-state index in [0.29, 0.717) is 25.3 Å². The first-order chi connectivity index (χ1) is 11.8. The molecule has 0 bridgehead atoms. The maximum absolute atomic E-state index is 12.5. The fourth-order valence-electron chi connectivity index (χ4n) is 1.83. The van der Waals surface area contributed by atoms with Crippen LogP contribution in [0.4, 0.5) is 13.2 Å². The van der Waals surface area contributed by atoms with Crippen molar-refractivity contribution in [1.29, 1.82) is 0 Å². The number of guanidine groups is 1. The molecule has 2 N–H and O–H groups in total. The van der Waals surface area contributed by atoms with E-state index in [1.807, 2.05) is 13.8 Å². The van der Waals surface area contributed by atoms with Gasteiger partial charge in [0, 0.05) is 25.9 Å². The largest absolute Gasteiger partial charge is 0.475 e. The maximum atomic E-state index is 12.5. The zero-order valence-corrected chi connectivity index (χ0v) is 15.0. The van der Waals surface area contributed by atoms with Gasteiger partial charge < -0.3 is 20.1 Å². The summed E-state index contributed by atoms with van der Waals surface area (Å²) >= 11 is 5.77. The molecule has 0 amide bonds. The van der Waals surface area contributed by atoms with E-state index in [1.54, 1.807) is 7.11 Å². The predicted molar refractivity (Wildman–Crippen MR) is 90.2 cm³/mol. The number of alkyl halides is 3. The summed E-state index contributed by atoms with van der Waals surface area (Å²) in [5.41, 5.74) is -0.923. The van der Waals surface area contributed by atoms with Gasteiger partial charge in [-0.3, -0.25) is 0 Å². The van der Waals surface area contributed by atoms with Crippen LogP contribution in [0.1, 0.15) is 19.4 Å². The van der Waals surface area contributed by atoms with Gasteiger partial charge in [0.15, 0.2) is 5.96 Å². The van der Waals surface area contributed by atoms with E-state index in [2.05, 4.69) is 20.6 Å². The van der Waals surface area contributed by atoms with Gasteiger partial charge in [-0.05, 0) is 19.9 Å². The summed E-state index contributed by atoms with van der Waals surface area (Å²) in [4.78, 5) is 7.90. The highest BCUT2D eigenvalue weighted by molar-refractivity contribution is 6.31. The minimum Gasteiger partial charge on any atom is -0.475 e. The molecule has 0 spiro atoms. The lowest BCUT2D eigenvalue weighted by Gasteiger charge is -2.17. The molecule has 0 aliphatic rings. The van der Waals surface area contributed by atoms with Crippen molar-refractivity contribution in [2.24, 2.45) is 4.99 Å². The quantitative estimate of drug-likeness (QED) is 0.411. The molecule has 6 nitrogen and oxygen atoms in total. The number of ether oxygens (including phenoxy) is 2. The Morgan fingerprint density at radius 2 is 2.16 bits per heavy atom. The van der Waals surface area contributed by atoms with Gasteiger partial charge >= 0.3 is 6.18 Å². The lowest BCUT2D eigenvalue weighted by Crippen LogP contribution is -2.44. The fraction of sp³-hybridized carbons (Fsp3) is 0.600. The minimum atomic E-state index is -4.50. The Balaban J connectivity index is 2.57. The van der Waals surface area contributed by atoms with Gasteiger partial charge in [-0.15, -0.1) is 0 Å². The third-order valence-corrected chi connectivity index (χ3v) is 3.15. The molecule has 1 atom stereocenters.